The van der Waals surface area contributed by atoms with E-state index in [1.165, 1.54) is 24.3 Å². The zero-order valence-corrected chi connectivity index (χ0v) is 16.4. The molecule has 3 aromatic rings. The van der Waals surface area contributed by atoms with Crippen LogP contribution in [0.2, 0.25) is 10.0 Å². The number of carbonyl (C=O) groups excluding carboxylic acids is 1. The van der Waals surface area contributed by atoms with Gasteiger partial charge in [0.2, 0.25) is 0 Å². The molecule has 0 spiro atoms. The normalized spacial score (nSPS) is 11.1. The van der Waals surface area contributed by atoms with E-state index in [2.05, 4.69) is 10.0 Å². The second-order valence-corrected chi connectivity index (χ2v) is 8.16. The Kier molecular flexibility index (Phi) is 5.88. The van der Waals surface area contributed by atoms with Crippen LogP contribution >= 0.6 is 23.2 Å². The number of sulfonamides is 1. The molecule has 3 rings (SSSR count). The van der Waals surface area contributed by atoms with Gasteiger partial charge in [-0.3, -0.25) is 9.52 Å². The molecule has 0 bridgehead atoms. The minimum atomic E-state index is -3.87. The van der Waals surface area contributed by atoms with Crippen molar-refractivity contribution in [2.75, 3.05) is 10.0 Å². The van der Waals surface area contributed by atoms with E-state index in [1.807, 2.05) is 0 Å². The molecule has 0 aliphatic rings. The minimum Gasteiger partial charge on any atom is -0.321 e. The van der Waals surface area contributed by atoms with Crippen LogP contribution in [-0.2, 0) is 10.0 Å². The first-order valence-corrected chi connectivity index (χ1v) is 10.1. The standard InChI is InChI=1S/C19H13Cl2FN2O3S/c20-16-2-1-3-17(18(16)21)23-19(25)12-4-8-14(9-5-12)24-28(26,27)15-10-6-13(22)7-11-15/h1-11,24H,(H,23,25). The van der Waals surface area contributed by atoms with Gasteiger partial charge in [-0.25, -0.2) is 12.8 Å². The van der Waals surface area contributed by atoms with Crippen molar-refractivity contribution < 1.29 is 17.6 Å². The maximum atomic E-state index is 13.0. The van der Waals surface area contributed by atoms with Crippen LogP contribution < -0.4 is 10.0 Å². The summed E-state index contributed by atoms with van der Waals surface area (Å²) in [5, 5.41) is 3.17. The molecule has 0 fully saturated rings. The molecule has 0 aliphatic heterocycles. The topological polar surface area (TPSA) is 75.3 Å². The summed E-state index contributed by atoms with van der Waals surface area (Å²) in [5.41, 5.74) is 0.905. The first-order valence-electron chi connectivity index (χ1n) is 7.90. The largest absolute Gasteiger partial charge is 0.321 e. The monoisotopic (exact) mass is 438 g/mol. The second-order valence-electron chi connectivity index (χ2n) is 5.69. The Balaban J connectivity index is 1.73. The van der Waals surface area contributed by atoms with E-state index >= 15 is 0 Å². The van der Waals surface area contributed by atoms with Crippen molar-refractivity contribution in [3.63, 3.8) is 0 Å². The molecule has 9 heteroatoms. The Morgan fingerprint density at radius 2 is 1.54 bits per heavy atom. The third kappa shape index (κ3) is 4.62. The third-order valence-corrected chi connectivity index (χ3v) is 5.94. The first kappa shape index (κ1) is 20.1. The zero-order valence-electron chi connectivity index (χ0n) is 14.1. The highest BCUT2D eigenvalue weighted by molar-refractivity contribution is 7.92. The quantitative estimate of drug-likeness (QED) is 0.575. The van der Waals surface area contributed by atoms with Gasteiger partial charge in [-0.05, 0) is 60.7 Å². The molecule has 2 N–H and O–H groups in total. The molecule has 0 unspecified atom stereocenters. The van der Waals surface area contributed by atoms with Gasteiger partial charge < -0.3 is 5.32 Å². The highest BCUT2D eigenvalue weighted by Crippen LogP contribution is 2.30. The fraction of sp³-hybridized carbons (Fsp3) is 0. The number of hydrogen-bond donors (Lipinski definition) is 2. The van der Waals surface area contributed by atoms with Crippen LogP contribution in [0.15, 0.2) is 71.6 Å². The summed E-state index contributed by atoms with van der Waals surface area (Å²) in [6, 6.07) is 15.1. The smallest absolute Gasteiger partial charge is 0.261 e. The number of carbonyl (C=O) groups is 1. The molecule has 0 aromatic heterocycles. The summed E-state index contributed by atoms with van der Waals surface area (Å²) in [4.78, 5) is 12.3. The number of nitrogens with one attached hydrogen (secondary N) is 2. The number of halogens is 3. The molecule has 3 aromatic carbocycles. The highest BCUT2D eigenvalue weighted by Gasteiger charge is 2.15. The predicted molar refractivity (Wildman–Crippen MR) is 108 cm³/mol. The fourth-order valence-corrected chi connectivity index (χ4v) is 3.72. The average molecular weight is 439 g/mol. The van der Waals surface area contributed by atoms with Gasteiger partial charge in [0.05, 0.1) is 20.6 Å². The van der Waals surface area contributed by atoms with E-state index in [0.29, 0.717) is 16.3 Å². The fourth-order valence-electron chi connectivity index (χ4n) is 2.31. The average Bonchev–Trinajstić information content (AvgIpc) is 2.66. The lowest BCUT2D eigenvalue weighted by molar-refractivity contribution is 0.102. The van der Waals surface area contributed by atoms with Crippen molar-refractivity contribution in [1.82, 2.24) is 0 Å². The molecule has 0 aliphatic carbocycles. The Labute approximate surface area is 171 Å². The molecule has 28 heavy (non-hydrogen) atoms. The lowest BCUT2D eigenvalue weighted by Gasteiger charge is -2.10. The Morgan fingerprint density at radius 1 is 0.893 bits per heavy atom. The van der Waals surface area contributed by atoms with Crippen LogP contribution in [0.5, 0.6) is 0 Å². The molecule has 0 saturated carbocycles. The molecule has 0 heterocycles. The van der Waals surface area contributed by atoms with Crippen molar-refractivity contribution in [3.8, 4) is 0 Å². The van der Waals surface area contributed by atoms with Crippen molar-refractivity contribution in [1.29, 1.82) is 0 Å². The van der Waals surface area contributed by atoms with Crippen LogP contribution in [0.25, 0.3) is 0 Å². The van der Waals surface area contributed by atoms with Gasteiger partial charge in [0.25, 0.3) is 15.9 Å². The molecule has 5 nitrogen and oxygen atoms in total. The van der Waals surface area contributed by atoms with Crippen LogP contribution in [0, 0.1) is 5.82 Å². The van der Waals surface area contributed by atoms with E-state index in [4.69, 9.17) is 23.2 Å². The number of benzene rings is 3. The Hall–Kier alpha value is -2.61. The molecular weight excluding hydrogens is 426 g/mol. The van der Waals surface area contributed by atoms with E-state index in [0.717, 1.165) is 24.3 Å². The van der Waals surface area contributed by atoms with Gasteiger partial charge in [-0.1, -0.05) is 29.3 Å². The summed E-state index contributed by atoms with van der Waals surface area (Å²) in [6.45, 7) is 0. The first-order chi connectivity index (χ1) is 13.3. The van der Waals surface area contributed by atoms with E-state index < -0.39 is 21.7 Å². The molecule has 1 amide bonds. The molecule has 0 atom stereocenters. The van der Waals surface area contributed by atoms with Gasteiger partial charge in [-0.2, -0.15) is 0 Å². The summed E-state index contributed by atoms with van der Waals surface area (Å²) < 4.78 is 39.9. The molecular formula is C19H13Cl2FN2O3S. The summed E-state index contributed by atoms with van der Waals surface area (Å²) in [5.74, 6) is -0.966. The molecule has 144 valence electrons. The number of hydrogen-bond acceptors (Lipinski definition) is 3. The Morgan fingerprint density at radius 3 is 2.18 bits per heavy atom. The van der Waals surface area contributed by atoms with Crippen LogP contribution in [-0.4, -0.2) is 14.3 Å². The van der Waals surface area contributed by atoms with Gasteiger partial charge in [0, 0.05) is 11.3 Å². The van der Waals surface area contributed by atoms with Crippen molar-refractivity contribution in [2.24, 2.45) is 0 Å². The SMILES string of the molecule is O=C(Nc1cccc(Cl)c1Cl)c1ccc(NS(=O)(=O)c2ccc(F)cc2)cc1. The predicted octanol–water partition coefficient (Wildman–Crippen LogP) is 5.19. The highest BCUT2D eigenvalue weighted by atomic mass is 35.5. The number of amides is 1. The molecule has 0 radical (unpaired) electrons. The van der Waals surface area contributed by atoms with E-state index in [1.54, 1.807) is 18.2 Å². The lowest BCUT2D eigenvalue weighted by Crippen LogP contribution is -2.14. The number of rotatable bonds is 5. The van der Waals surface area contributed by atoms with Crippen molar-refractivity contribution >= 4 is 50.5 Å². The van der Waals surface area contributed by atoms with Gasteiger partial charge in [-0.15, -0.1) is 0 Å². The Bertz CT molecular complexity index is 1120. The molecule has 0 saturated heterocycles. The summed E-state index contributed by atoms with van der Waals surface area (Å²) >= 11 is 12.0. The maximum Gasteiger partial charge on any atom is 0.261 e. The van der Waals surface area contributed by atoms with E-state index in [9.17, 15) is 17.6 Å². The maximum absolute atomic E-state index is 13.0. The van der Waals surface area contributed by atoms with Crippen molar-refractivity contribution in [2.45, 2.75) is 4.90 Å². The minimum absolute atomic E-state index is 0.0775. The summed E-state index contributed by atoms with van der Waals surface area (Å²) in [6.07, 6.45) is 0. The zero-order chi connectivity index (χ0) is 20.3. The van der Waals surface area contributed by atoms with Gasteiger partial charge >= 0.3 is 0 Å². The van der Waals surface area contributed by atoms with Crippen LogP contribution in [0.3, 0.4) is 0 Å². The van der Waals surface area contributed by atoms with Gasteiger partial charge in [0.15, 0.2) is 0 Å². The van der Waals surface area contributed by atoms with E-state index in [-0.39, 0.29) is 15.6 Å². The number of anilines is 2. The van der Waals surface area contributed by atoms with Crippen molar-refractivity contribution in [3.05, 3.63) is 88.2 Å². The summed E-state index contributed by atoms with van der Waals surface area (Å²) in [7, 11) is -3.87. The van der Waals surface area contributed by atoms with Gasteiger partial charge in [0.1, 0.15) is 5.82 Å². The lowest BCUT2D eigenvalue weighted by atomic mass is 10.2. The van der Waals surface area contributed by atoms with Crippen LogP contribution in [0.1, 0.15) is 10.4 Å². The van der Waals surface area contributed by atoms with Crippen LogP contribution in [0.4, 0.5) is 15.8 Å². The second kappa shape index (κ2) is 8.18. The third-order valence-electron chi connectivity index (χ3n) is 3.72.